The van der Waals surface area contributed by atoms with Crippen molar-refractivity contribution in [3.8, 4) is 0 Å². The van der Waals surface area contributed by atoms with E-state index in [9.17, 15) is 9.59 Å². The average Bonchev–Trinajstić information content (AvgIpc) is 1.87. The van der Waals surface area contributed by atoms with E-state index in [2.05, 4.69) is 5.32 Å². The van der Waals surface area contributed by atoms with Crippen LogP contribution in [0.3, 0.4) is 0 Å². The molecule has 39 valence electrons. The zero-order valence-electron chi connectivity index (χ0n) is 4.43. The van der Waals surface area contributed by atoms with Gasteiger partial charge < -0.3 is 0 Å². The van der Waals surface area contributed by atoms with E-state index in [1.807, 2.05) is 0 Å². The molecule has 8 heavy (non-hydrogen) atoms. The van der Waals surface area contributed by atoms with Crippen LogP contribution in [-0.4, -0.2) is 68.3 Å². The van der Waals surface area contributed by atoms with Gasteiger partial charge in [0, 0.05) is 51.4 Å². The summed E-state index contributed by atoms with van der Waals surface area (Å²) < 4.78 is 0. The second-order valence-electron chi connectivity index (χ2n) is 1.12. The number of amides is 2. The van der Waals surface area contributed by atoms with E-state index >= 15 is 0 Å². The summed E-state index contributed by atoms with van der Waals surface area (Å²) in [5, 5.41) is 1.87. The molecule has 0 aromatic rings. The molecular weight excluding hydrogens is 153 g/mol. The summed E-state index contributed by atoms with van der Waals surface area (Å²) in [5.41, 5.74) is 0. The van der Waals surface area contributed by atoms with Crippen LogP contribution in [0.4, 0.5) is 4.79 Å². The maximum absolute atomic E-state index is 10.1. The molecule has 1 N–H and O–H groups in total. The van der Waals surface area contributed by atoms with E-state index in [0.29, 0.717) is 5.75 Å². The Labute approximate surface area is 93.4 Å². The van der Waals surface area contributed by atoms with Gasteiger partial charge in [0.15, 0.2) is 0 Å². The van der Waals surface area contributed by atoms with E-state index < -0.39 is 0 Å². The third kappa shape index (κ3) is 2.61. The van der Waals surface area contributed by atoms with Crippen LogP contribution >= 0.6 is 11.8 Å². The van der Waals surface area contributed by atoms with Gasteiger partial charge in [-0.25, -0.2) is 0 Å². The third-order valence-electron chi connectivity index (χ3n) is 0.576. The van der Waals surface area contributed by atoms with E-state index in [1.54, 1.807) is 0 Å². The second kappa shape index (κ2) is 4.02. The first-order valence-corrected chi connectivity index (χ1v) is 2.74. The van der Waals surface area contributed by atoms with Crippen molar-refractivity contribution in [3.63, 3.8) is 0 Å². The summed E-state index contributed by atoms with van der Waals surface area (Å²) in [6.07, 6.45) is 0. The molecular formula is C3H3KNO2S. The van der Waals surface area contributed by atoms with Gasteiger partial charge in [-0.3, -0.25) is 14.9 Å². The van der Waals surface area contributed by atoms with Crippen molar-refractivity contribution >= 4 is 74.3 Å². The molecule has 0 unspecified atom stereocenters. The number of imide groups is 1. The van der Waals surface area contributed by atoms with Crippen molar-refractivity contribution in [1.29, 1.82) is 0 Å². The van der Waals surface area contributed by atoms with Crippen molar-refractivity contribution in [1.82, 2.24) is 5.32 Å². The van der Waals surface area contributed by atoms with Crippen LogP contribution in [0.5, 0.6) is 0 Å². The first kappa shape index (κ1) is 9.13. The molecule has 2 amide bonds. The largest absolute Gasteiger partial charge is 0.286 e. The van der Waals surface area contributed by atoms with Gasteiger partial charge in [0.25, 0.3) is 5.24 Å². The SMILES string of the molecule is O=C1CSC(=O)N1.[K]. The number of nitrogens with one attached hydrogen (secondary N) is 1. The maximum Gasteiger partial charge on any atom is 0.286 e. The van der Waals surface area contributed by atoms with Crippen molar-refractivity contribution in [2.75, 3.05) is 5.75 Å². The minimum atomic E-state index is -0.231. The van der Waals surface area contributed by atoms with Crippen molar-refractivity contribution in [3.05, 3.63) is 0 Å². The molecule has 0 aromatic carbocycles. The van der Waals surface area contributed by atoms with Gasteiger partial charge in [-0.05, 0) is 0 Å². The smallest absolute Gasteiger partial charge is 0.286 e. The van der Waals surface area contributed by atoms with Gasteiger partial charge in [-0.1, -0.05) is 11.8 Å². The Balaban J connectivity index is 0.000000490. The van der Waals surface area contributed by atoms with Gasteiger partial charge in [-0.2, -0.15) is 0 Å². The average molecular weight is 156 g/mol. The van der Waals surface area contributed by atoms with Gasteiger partial charge in [0.1, 0.15) is 0 Å². The molecule has 1 fully saturated rings. The molecule has 0 aliphatic carbocycles. The third-order valence-corrected chi connectivity index (χ3v) is 1.35. The molecule has 1 heterocycles. The summed E-state index contributed by atoms with van der Waals surface area (Å²) in [5.74, 6) is 0.105. The molecule has 0 spiro atoms. The number of carbonyl (C=O) groups excluding carboxylic acids is 2. The minimum Gasteiger partial charge on any atom is -0.286 e. The fourth-order valence-corrected chi connectivity index (χ4v) is 0.837. The molecule has 1 saturated heterocycles. The summed E-state index contributed by atoms with van der Waals surface area (Å²) in [4.78, 5) is 20.2. The molecule has 0 aromatic heterocycles. The van der Waals surface area contributed by atoms with Gasteiger partial charge in [0.2, 0.25) is 5.91 Å². The summed E-state index contributed by atoms with van der Waals surface area (Å²) in [6.45, 7) is 0. The standard InChI is InChI=1S/C3H3NO2S.K/c5-2-1-7-3(6)4-2;/h1H2,(H,4,5,6);. The Morgan fingerprint density at radius 3 is 2.25 bits per heavy atom. The summed E-state index contributed by atoms with van der Waals surface area (Å²) in [7, 11) is 0. The van der Waals surface area contributed by atoms with E-state index in [4.69, 9.17) is 0 Å². The van der Waals surface area contributed by atoms with Crippen LogP contribution in [0.1, 0.15) is 0 Å². The fraction of sp³-hybridized carbons (Fsp3) is 0.333. The zero-order valence-corrected chi connectivity index (χ0v) is 8.37. The van der Waals surface area contributed by atoms with Crippen LogP contribution in [0, 0.1) is 0 Å². The number of thioether (sulfide) groups is 1. The Hall–Kier alpha value is 1.13. The summed E-state index contributed by atoms with van der Waals surface area (Å²) >= 11 is 1.01. The molecule has 1 aliphatic heterocycles. The molecule has 1 rings (SSSR count). The molecule has 1 radical (unpaired) electrons. The molecule has 1 aliphatic rings. The van der Waals surface area contributed by atoms with Crippen molar-refractivity contribution in [2.45, 2.75) is 0 Å². The van der Waals surface area contributed by atoms with Crippen LogP contribution < -0.4 is 5.32 Å². The Kier molecular flexibility index (Phi) is 4.59. The number of hydrogen-bond acceptors (Lipinski definition) is 3. The quantitative estimate of drug-likeness (QED) is 0.485. The zero-order chi connectivity index (χ0) is 5.28. The van der Waals surface area contributed by atoms with Gasteiger partial charge >= 0.3 is 0 Å². The summed E-state index contributed by atoms with van der Waals surface area (Å²) in [6, 6.07) is 0. The van der Waals surface area contributed by atoms with E-state index in [0.717, 1.165) is 11.8 Å². The topological polar surface area (TPSA) is 46.2 Å². The molecule has 0 saturated carbocycles. The van der Waals surface area contributed by atoms with Crippen LogP contribution in [0.25, 0.3) is 0 Å². The molecule has 5 heteroatoms. The number of carbonyl (C=O) groups is 2. The Morgan fingerprint density at radius 2 is 2.12 bits per heavy atom. The van der Waals surface area contributed by atoms with E-state index in [1.165, 1.54) is 0 Å². The Morgan fingerprint density at radius 1 is 1.50 bits per heavy atom. The first-order chi connectivity index (χ1) is 3.29. The van der Waals surface area contributed by atoms with E-state index in [-0.39, 0.29) is 62.5 Å². The normalized spacial score (nSPS) is 17.5. The first-order valence-electron chi connectivity index (χ1n) is 1.75. The monoisotopic (exact) mass is 156 g/mol. The number of rotatable bonds is 0. The predicted molar refractivity (Wildman–Crippen MR) is 31.8 cm³/mol. The van der Waals surface area contributed by atoms with Crippen molar-refractivity contribution < 1.29 is 9.59 Å². The second-order valence-corrected chi connectivity index (χ2v) is 2.07. The molecule has 0 bridgehead atoms. The predicted octanol–water partition coefficient (Wildman–Crippen LogP) is -0.411. The van der Waals surface area contributed by atoms with Crippen molar-refractivity contribution in [2.24, 2.45) is 0 Å². The van der Waals surface area contributed by atoms with Crippen LogP contribution in [0.2, 0.25) is 0 Å². The molecule has 0 atom stereocenters. The fourth-order valence-electron chi connectivity index (χ4n) is 0.317. The molecule has 3 nitrogen and oxygen atoms in total. The minimum absolute atomic E-state index is 0. The number of hydrogen-bond donors (Lipinski definition) is 1. The van der Waals surface area contributed by atoms with Crippen LogP contribution in [-0.2, 0) is 4.79 Å². The van der Waals surface area contributed by atoms with Crippen LogP contribution in [0.15, 0.2) is 0 Å². The maximum atomic E-state index is 10.1. The Bertz CT molecular complexity index is 112. The van der Waals surface area contributed by atoms with Gasteiger partial charge in [-0.15, -0.1) is 0 Å². The van der Waals surface area contributed by atoms with Gasteiger partial charge in [0.05, 0.1) is 5.75 Å².